The molecule has 0 aliphatic carbocycles. The summed E-state index contributed by atoms with van der Waals surface area (Å²) < 4.78 is 25.6. The minimum atomic E-state index is -3.64. The van der Waals surface area contributed by atoms with Crippen molar-refractivity contribution in [3.05, 3.63) is 29.3 Å². The third kappa shape index (κ3) is 2.86. The van der Waals surface area contributed by atoms with Gasteiger partial charge in [0.05, 0.1) is 22.6 Å². The van der Waals surface area contributed by atoms with Gasteiger partial charge in [-0.05, 0) is 24.6 Å². The van der Waals surface area contributed by atoms with Crippen molar-refractivity contribution in [1.29, 1.82) is 10.5 Å². The summed E-state index contributed by atoms with van der Waals surface area (Å²) in [6.07, 6.45) is 0.132. The molecule has 94 valence electrons. The predicted molar refractivity (Wildman–Crippen MR) is 65.9 cm³/mol. The number of hydrogen-bond donors (Lipinski definition) is 0. The summed E-state index contributed by atoms with van der Waals surface area (Å²) in [7, 11) is -2.22. The minimum absolute atomic E-state index is 0.113. The monoisotopic (exact) mass is 263 g/mol. The highest BCUT2D eigenvalue weighted by Crippen LogP contribution is 2.20. The molecule has 0 bridgehead atoms. The maximum Gasteiger partial charge on any atom is 0.243 e. The number of rotatable bonds is 4. The number of benzene rings is 1. The standard InChI is InChI=1S/C12H13N3O2S/c1-10-4-5-11(9-14)8-12(10)18(16,17)15(2)7-3-6-13/h4-5,8H,3,7H2,1-2H3. The molecule has 0 spiro atoms. The Bertz CT molecular complexity index is 624. The van der Waals surface area contributed by atoms with Crippen LogP contribution in [0.25, 0.3) is 0 Å². The molecule has 1 aromatic rings. The molecule has 0 radical (unpaired) electrons. The molecule has 0 aliphatic heterocycles. The third-order valence-electron chi connectivity index (χ3n) is 2.54. The number of sulfonamides is 1. The van der Waals surface area contributed by atoms with E-state index in [2.05, 4.69) is 0 Å². The highest BCUT2D eigenvalue weighted by molar-refractivity contribution is 7.89. The van der Waals surface area contributed by atoms with Crippen molar-refractivity contribution in [2.45, 2.75) is 18.2 Å². The smallest absolute Gasteiger partial charge is 0.207 e. The molecule has 18 heavy (non-hydrogen) atoms. The van der Waals surface area contributed by atoms with Crippen molar-refractivity contribution >= 4 is 10.0 Å². The van der Waals surface area contributed by atoms with Crippen LogP contribution < -0.4 is 0 Å². The Kier molecular flexibility index (Phi) is 4.43. The average molecular weight is 263 g/mol. The van der Waals surface area contributed by atoms with E-state index < -0.39 is 10.0 Å². The van der Waals surface area contributed by atoms with Crippen LogP contribution in [0.1, 0.15) is 17.5 Å². The molecule has 0 unspecified atom stereocenters. The van der Waals surface area contributed by atoms with E-state index in [1.165, 1.54) is 13.1 Å². The van der Waals surface area contributed by atoms with E-state index in [1.54, 1.807) is 19.1 Å². The van der Waals surface area contributed by atoms with Crippen molar-refractivity contribution in [2.24, 2.45) is 0 Å². The van der Waals surface area contributed by atoms with Crippen molar-refractivity contribution in [2.75, 3.05) is 13.6 Å². The summed E-state index contributed by atoms with van der Waals surface area (Å²) in [4.78, 5) is 0.113. The summed E-state index contributed by atoms with van der Waals surface area (Å²) in [6, 6.07) is 8.34. The van der Waals surface area contributed by atoms with Gasteiger partial charge in [-0.25, -0.2) is 8.42 Å². The van der Waals surface area contributed by atoms with Crippen LogP contribution in [0.5, 0.6) is 0 Å². The first-order chi connectivity index (χ1) is 8.43. The second kappa shape index (κ2) is 5.63. The highest BCUT2D eigenvalue weighted by Gasteiger charge is 2.22. The molecule has 0 fully saturated rings. The van der Waals surface area contributed by atoms with Gasteiger partial charge in [0.25, 0.3) is 0 Å². The Hall–Kier alpha value is -1.89. The van der Waals surface area contributed by atoms with Crippen LogP contribution in [0.4, 0.5) is 0 Å². The fourth-order valence-electron chi connectivity index (χ4n) is 1.44. The van der Waals surface area contributed by atoms with E-state index >= 15 is 0 Å². The van der Waals surface area contributed by atoms with Gasteiger partial charge >= 0.3 is 0 Å². The van der Waals surface area contributed by atoms with Crippen LogP contribution in [0.15, 0.2) is 23.1 Å². The zero-order valence-electron chi connectivity index (χ0n) is 10.2. The molecule has 1 rings (SSSR count). The van der Waals surface area contributed by atoms with Gasteiger partial charge in [0, 0.05) is 20.0 Å². The van der Waals surface area contributed by atoms with Crippen LogP contribution >= 0.6 is 0 Å². The molecule has 1 aromatic carbocycles. The SMILES string of the molecule is Cc1ccc(C#N)cc1S(=O)(=O)N(C)CCC#N. The summed E-state index contributed by atoms with van der Waals surface area (Å²) in [6.45, 7) is 1.81. The molecular formula is C12H13N3O2S. The van der Waals surface area contributed by atoms with Gasteiger partial charge in [-0.15, -0.1) is 0 Å². The first kappa shape index (κ1) is 14.2. The lowest BCUT2D eigenvalue weighted by molar-refractivity contribution is 0.476. The van der Waals surface area contributed by atoms with E-state index in [0.717, 1.165) is 4.31 Å². The van der Waals surface area contributed by atoms with Crippen LogP contribution in [0, 0.1) is 29.6 Å². The molecule has 0 amide bonds. The maximum absolute atomic E-state index is 12.2. The number of aryl methyl sites for hydroxylation is 1. The van der Waals surface area contributed by atoms with Crippen LogP contribution in [-0.4, -0.2) is 26.3 Å². The molecule has 0 heterocycles. The van der Waals surface area contributed by atoms with E-state index in [4.69, 9.17) is 10.5 Å². The highest BCUT2D eigenvalue weighted by atomic mass is 32.2. The Morgan fingerprint density at radius 2 is 2.00 bits per heavy atom. The summed E-state index contributed by atoms with van der Waals surface area (Å²) in [5.41, 5.74) is 0.880. The van der Waals surface area contributed by atoms with Crippen molar-refractivity contribution in [1.82, 2.24) is 4.31 Å². The van der Waals surface area contributed by atoms with E-state index in [0.29, 0.717) is 11.1 Å². The Balaban J connectivity index is 3.21. The average Bonchev–Trinajstić information content (AvgIpc) is 2.36. The molecule has 0 aromatic heterocycles. The normalized spacial score (nSPS) is 10.9. The summed E-state index contributed by atoms with van der Waals surface area (Å²) in [5, 5.41) is 17.3. The predicted octanol–water partition coefficient (Wildman–Crippen LogP) is 1.40. The first-order valence-corrected chi connectivity index (χ1v) is 6.71. The molecule has 0 N–H and O–H groups in total. The molecule has 0 atom stereocenters. The zero-order valence-corrected chi connectivity index (χ0v) is 11.0. The zero-order chi connectivity index (χ0) is 13.8. The number of hydrogen-bond acceptors (Lipinski definition) is 4. The first-order valence-electron chi connectivity index (χ1n) is 5.27. The number of nitrogens with zero attached hydrogens (tertiary/aromatic N) is 3. The quantitative estimate of drug-likeness (QED) is 0.821. The molecule has 0 aliphatic rings. The van der Waals surface area contributed by atoms with Gasteiger partial charge < -0.3 is 0 Å². The Morgan fingerprint density at radius 1 is 1.33 bits per heavy atom. The molecule has 0 saturated carbocycles. The molecule has 6 heteroatoms. The van der Waals surface area contributed by atoms with Crippen LogP contribution in [0.3, 0.4) is 0 Å². The Morgan fingerprint density at radius 3 is 2.56 bits per heavy atom. The van der Waals surface area contributed by atoms with E-state index in [-0.39, 0.29) is 17.9 Å². The van der Waals surface area contributed by atoms with Gasteiger partial charge in [-0.1, -0.05) is 6.07 Å². The lowest BCUT2D eigenvalue weighted by atomic mass is 10.2. The fraction of sp³-hybridized carbons (Fsp3) is 0.333. The van der Waals surface area contributed by atoms with Crippen molar-refractivity contribution in [3.63, 3.8) is 0 Å². The van der Waals surface area contributed by atoms with E-state index in [1.807, 2.05) is 12.1 Å². The maximum atomic E-state index is 12.2. The Labute approximate surface area is 107 Å². The van der Waals surface area contributed by atoms with Gasteiger partial charge in [-0.3, -0.25) is 0 Å². The molecule has 0 saturated heterocycles. The third-order valence-corrected chi connectivity index (χ3v) is 4.54. The van der Waals surface area contributed by atoms with Gasteiger partial charge in [-0.2, -0.15) is 14.8 Å². The van der Waals surface area contributed by atoms with E-state index in [9.17, 15) is 8.42 Å². The van der Waals surface area contributed by atoms with Crippen LogP contribution in [-0.2, 0) is 10.0 Å². The second-order valence-electron chi connectivity index (χ2n) is 3.83. The fourth-order valence-corrected chi connectivity index (χ4v) is 2.86. The number of nitriles is 2. The molecule has 5 nitrogen and oxygen atoms in total. The lowest BCUT2D eigenvalue weighted by Gasteiger charge is -2.17. The largest absolute Gasteiger partial charge is 0.243 e. The van der Waals surface area contributed by atoms with Gasteiger partial charge in [0.1, 0.15) is 0 Å². The van der Waals surface area contributed by atoms with Gasteiger partial charge in [0.2, 0.25) is 10.0 Å². The topological polar surface area (TPSA) is 85.0 Å². The summed E-state index contributed by atoms with van der Waals surface area (Å²) >= 11 is 0. The summed E-state index contributed by atoms with van der Waals surface area (Å²) in [5.74, 6) is 0. The lowest BCUT2D eigenvalue weighted by Crippen LogP contribution is -2.28. The van der Waals surface area contributed by atoms with Crippen LogP contribution in [0.2, 0.25) is 0 Å². The minimum Gasteiger partial charge on any atom is -0.207 e. The second-order valence-corrected chi connectivity index (χ2v) is 5.84. The van der Waals surface area contributed by atoms with Crippen molar-refractivity contribution in [3.8, 4) is 12.1 Å². The van der Waals surface area contributed by atoms with Crippen molar-refractivity contribution < 1.29 is 8.42 Å². The van der Waals surface area contributed by atoms with Gasteiger partial charge in [0.15, 0.2) is 0 Å². The molecular weight excluding hydrogens is 250 g/mol.